The van der Waals surface area contributed by atoms with E-state index in [4.69, 9.17) is 5.11 Å². The highest BCUT2D eigenvalue weighted by Crippen LogP contribution is 2.12. The summed E-state index contributed by atoms with van der Waals surface area (Å²) in [5, 5.41) is 15.0. The Balaban J connectivity index is 1.98. The van der Waals surface area contributed by atoms with Gasteiger partial charge in [0, 0.05) is 19.2 Å². The number of nitrogens with one attached hydrogen (secondary N) is 2. The third kappa shape index (κ3) is 3.93. The van der Waals surface area contributed by atoms with Crippen LogP contribution in [-0.4, -0.2) is 28.2 Å². The van der Waals surface area contributed by atoms with Gasteiger partial charge >= 0.3 is 0 Å². The summed E-state index contributed by atoms with van der Waals surface area (Å²) in [5.41, 5.74) is 2.49. The maximum Gasteiger partial charge on any atom is 0.131 e. The highest BCUT2D eigenvalue weighted by molar-refractivity contribution is 5.47. The van der Waals surface area contributed by atoms with Crippen LogP contribution in [0.4, 0.5) is 11.6 Å². The SMILES string of the molecule is Cc1ccccc1CNc1cc(NCCO)ncn1. The summed E-state index contributed by atoms with van der Waals surface area (Å²) >= 11 is 0. The van der Waals surface area contributed by atoms with Crippen molar-refractivity contribution in [1.29, 1.82) is 0 Å². The van der Waals surface area contributed by atoms with Gasteiger partial charge in [-0.15, -0.1) is 0 Å². The zero-order valence-corrected chi connectivity index (χ0v) is 10.9. The van der Waals surface area contributed by atoms with Crippen LogP contribution in [0.1, 0.15) is 11.1 Å². The topological polar surface area (TPSA) is 70.1 Å². The maximum atomic E-state index is 8.76. The van der Waals surface area contributed by atoms with Crippen molar-refractivity contribution in [1.82, 2.24) is 9.97 Å². The highest BCUT2D eigenvalue weighted by atomic mass is 16.3. The van der Waals surface area contributed by atoms with Crippen molar-refractivity contribution in [2.75, 3.05) is 23.8 Å². The van der Waals surface area contributed by atoms with Gasteiger partial charge in [-0.1, -0.05) is 24.3 Å². The number of aliphatic hydroxyl groups is 1. The van der Waals surface area contributed by atoms with Crippen molar-refractivity contribution in [2.45, 2.75) is 13.5 Å². The summed E-state index contributed by atoms with van der Waals surface area (Å²) in [6, 6.07) is 10.1. The molecular weight excluding hydrogens is 240 g/mol. The van der Waals surface area contributed by atoms with Gasteiger partial charge in [-0.05, 0) is 18.1 Å². The molecule has 0 bridgehead atoms. The summed E-state index contributed by atoms with van der Waals surface area (Å²) in [6.45, 7) is 3.37. The van der Waals surface area contributed by atoms with Crippen molar-refractivity contribution in [2.24, 2.45) is 0 Å². The molecule has 0 atom stereocenters. The van der Waals surface area contributed by atoms with Crippen LogP contribution < -0.4 is 10.6 Å². The second-order valence-electron chi connectivity index (χ2n) is 4.22. The number of rotatable bonds is 6. The number of hydrogen-bond acceptors (Lipinski definition) is 5. The average Bonchev–Trinajstić information content (AvgIpc) is 2.45. The van der Waals surface area contributed by atoms with Crippen LogP contribution in [0.2, 0.25) is 0 Å². The van der Waals surface area contributed by atoms with Crippen LogP contribution in [0.15, 0.2) is 36.7 Å². The van der Waals surface area contributed by atoms with E-state index in [0.29, 0.717) is 12.4 Å². The number of aromatic nitrogens is 2. The average molecular weight is 258 g/mol. The zero-order chi connectivity index (χ0) is 13.5. The van der Waals surface area contributed by atoms with E-state index < -0.39 is 0 Å². The lowest BCUT2D eigenvalue weighted by Gasteiger charge is -2.09. The Morgan fingerprint density at radius 3 is 2.58 bits per heavy atom. The summed E-state index contributed by atoms with van der Waals surface area (Å²) in [4.78, 5) is 8.24. The van der Waals surface area contributed by atoms with E-state index in [1.807, 2.05) is 18.2 Å². The fraction of sp³-hybridized carbons (Fsp3) is 0.286. The molecule has 0 radical (unpaired) electrons. The van der Waals surface area contributed by atoms with E-state index in [1.165, 1.54) is 17.5 Å². The first-order valence-electron chi connectivity index (χ1n) is 6.25. The Morgan fingerprint density at radius 2 is 1.84 bits per heavy atom. The van der Waals surface area contributed by atoms with Crippen LogP contribution in [-0.2, 0) is 6.54 Å². The standard InChI is InChI=1S/C14H18N4O/c1-11-4-2-3-5-12(11)9-16-14-8-13(15-6-7-19)17-10-18-14/h2-5,8,10,19H,6-7,9H2,1H3,(H2,15,16,17,18). The molecule has 0 aliphatic rings. The number of benzene rings is 1. The molecule has 2 aromatic rings. The Morgan fingerprint density at radius 1 is 1.11 bits per heavy atom. The van der Waals surface area contributed by atoms with Crippen molar-refractivity contribution >= 4 is 11.6 Å². The second-order valence-corrected chi connectivity index (χ2v) is 4.22. The Hall–Kier alpha value is -2.14. The highest BCUT2D eigenvalue weighted by Gasteiger charge is 2.00. The van der Waals surface area contributed by atoms with E-state index in [9.17, 15) is 0 Å². The lowest BCUT2D eigenvalue weighted by molar-refractivity contribution is 0.311. The summed E-state index contributed by atoms with van der Waals surface area (Å²) in [6.07, 6.45) is 1.50. The predicted molar refractivity (Wildman–Crippen MR) is 76.1 cm³/mol. The molecule has 2 rings (SSSR count). The molecule has 0 unspecified atom stereocenters. The van der Waals surface area contributed by atoms with Crippen molar-refractivity contribution in [3.8, 4) is 0 Å². The largest absolute Gasteiger partial charge is 0.395 e. The third-order valence-electron chi connectivity index (χ3n) is 2.81. The molecule has 0 aliphatic carbocycles. The van der Waals surface area contributed by atoms with Crippen molar-refractivity contribution < 1.29 is 5.11 Å². The van der Waals surface area contributed by atoms with Crippen LogP contribution in [0.5, 0.6) is 0 Å². The minimum absolute atomic E-state index is 0.0793. The quantitative estimate of drug-likeness (QED) is 0.737. The number of aryl methyl sites for hydroxylation is 1. The Bertz CT molecular complexity index is 530. The van der Waals surface area contributed by atoms with Gasteiger partial charge in [0.15, 0.2) is 0 Å². The maximum absolute atomic E-state index is 8.76. The molecule has 0 saturated heterocycles. The Kier molecular flexibility index (Phi) is 4.69. The van der Waals surface area contributed by atoms with E-state index in [2.05, 4.69) is 39.7 Å². The first kappa shape index (κ1) is 13.3. The van der Waals surface area contributed by atoms with E-state index in [-0.39, 0.29) is 6.61 Å². The van der Waals surface area contributed by atoms with Crippen molar-refractivity contribution in [3.05, 3.63) is 47.8 Å². The molecule has 0 aliphatic heterocycles. The van der Waals surface area contributed by atoms with Crippen LogP contribution in [0.3, 0.4) is 0 Å². The molecule has 100 valence electrons. The van der Waals surface area contributed by atoms with Gasteiger partial charge in [0.25, 0.3) is 0 Å². The molecule has 1 aromatic carbocycles. The molecule has 0 fully saturated rings. The summed E-state index contributed by atoms with van der Waals surface area (Å²) in [7, 11) is 0. The van der Waals surface area contributed by atoms with Crippen LogP contribution >= 0.6 is 0 Å². The zero-order valence-electron chi connectivity index (χ0n) is 10.9. The first-order valence-corrected chi connectivity index (χ1v) is 6.25. The minimum Gasteiger partial charge on any atom is -0.395 e. The minimum atomic E-state index is 0.0793. The van der Waals surface area contributed by atoms with E-state index in [1.54, 1.807) is 0 Å². The summed E-state index contributed by atoms with van der Waals surface area (Å²) < 4.78 is 0. The molecule has 5 heteroatoms. The van der Waals surface area contributed by atoms with Gasteiger partial charge < -0.3 is 15.7 Å². The number of nitrogens with zero attached hydrogens (tertiary/aromatic N) is 2. The molecule has 0 spiro atoms. The lowest BCUT2D eigenvalue weighted by Crippen LogP contribution is -2.08. The van der Waals surface area contributed by atoms with Gasteiger partial charge in [0.1, 0.15) is 18.0 Å². The number of hydrogen-bond donors (Lipinski definition) is 3. The molecular formula is C14H18N4O. The fourth-order valence-electron chi connectivity index (χ4n) is 1.73. The Labute approximate surface area is 112 Å². The smallest absolute Gasteiger partial charge is 0.131 e. The molecule has 0 amide bonds. The first-order chi connectivity index (χ1) is 9.29. The predicted octanol–water partition coefficient (Wildman–Crippen LogP) is 1.80. The molecule has 1 heterocycles. The normalized spacial score (nSPS) is 10.2. The molecule has 0 saturated carbocycles. The van der Waals surface area contributed by atoms with Gasteiger partial charge in [-0.2, -0.15) is 0 Å². The van der Waals surface area contributed by atoms with Gasteiger partial charge in [-0.25, -0.2) is 9.97 Å². The third-order valence-corrected chi connectivity index (χ3v) is 2.81. The van der Waals surface area contributed by atoms with Crippen LogP contribution in [0, 0.1) is 6.92 Å². The second kappa shape index (κ2) is 6.70. The molecule has 3 N–H and O–H groups in total. The van der Waals surface area contributed by atoms with Crippen LogP contribution in [0.25, 0.3) is 0 Å². The monoisotopic (exact) mass is 258 g/mol. The van der Waals surface area contributed by atoms with E-state index in [0.717, 1.165) is 12.4 Å². The number of aliphatic hydroxyl groups excluding tert-OH is 1. The van der Waals surface area contributed by atoms with Crippen molar-refractivity contribution in [3.63, 3.8) is 0 Å². The molecule has 5 nitrogen and oxygen atoms in total. The van der Waals surface area contributed by atoms with E-state index >= 15 is 0 Å². The summed E-state index contributed by atoms with van der Waals surface area (Å²) in [5.74, 6) is 1.47. The fourth-order valence-corrected chi connectivity index (χ4v) is 1.73. The molecule has 19 heavy (non-hydrogen) atoms. The van der Waals surface area contributed by atoms with Gasteiger partial charge in [0.2, 0.25) is 0 Å². The van der Waals surface area contributed by atoms with Gasteiger partial charge in [-0.3, -0.25) is 0 Å². The van der Waals surface area contributed by atoms with Gasteiger partial charge in [0.05, 0.1) is 6.61 Å². The number of anilines is 2. The molecule has 1 aromatic heterocycles. The lowest BCUT2D eigenvalue weighted by atomic mass is 10.1.